The zero-order valence-corrected chi connectivity index (χ0v) is 7.70. The van der Waals surface area contributed by atoms with Gasteiger partial charge in [0.2, 0.25) is 0 Å². The fraction of sp³-hybridized carbons (Fsp3) is 0.125. The lowest BCUT2D eigenvalue weighted by atomic mass is 9.90. The van der Waals surface area contributed by atoms with Crippen molar-refractivity contribution in [1.82, 2.24) is 0 Å². The second kappa shape index (κ2) is 4.00. The summed E-state index contributed by atoms with van der Waals surface area (Å²) in [6.45, 7) is 0. The first-order valence-electron chi connectivity index (χ1n) is 3.82. The van der Waals surface area contributed by atoms with E-state index in [0.717, 1.165) is 7.11 Å². The van der Waals surface area contributed by atoms with Gasteiger partial charge in [-0.05, 0) is 11.2 Å². The van der Waals surface area contributed by atoms with Crippen molar-refractivity contribution in [2.75, 3.05) is 7.11 Å². The SMILES string of the molecule is Bc1ccc(N=O)c(F)c1C(=O)OC. The van der Waals surface area contributed by atoms with E-state index in [1.807, 2.05) is 0 Å². The molecule has 0 heterocycles. The van der Waals surface area contributed by atoms with Gasteiger partial charge in [-0.1, -0.05) is 11.5 Å². The first kappa shape index (κ1) is 10.4. The van der Waals surface area contributed by atoms with Crippen molar-refractivity contribution >= 4 is 25.0 Å². The van der Waals surface area contributed by atoms with Crippen LogP contribution in [0.4, 0.5) is 10.1 Å². The van der Waals surface area contributed by atoms with Crippen LogP contribution in [-0.2, 0) is 4.74 Å². The summed E-state index contributed by atoms with van der Waals surface area (Å²) in [4.78, 5) is 21.3. The van der Waals surface area contributed by atoms with Gasteiger partial charge in [-0.3, -0.25) is 0 Å². The number of esters is 1. The number of nitroso groups, excluding NO2 is 1. The Bertz CT molecular complexity index is 394. The Hall–Kier alpha value is -1.72. The van der Waals surface area contributed by atoms with Gasteiger partial charge in [0.25, 0.3) is 0 Å². The van der Waals surface area contributed by atoms with Crippen molar-refractivity contribution in [1.29, 1.82) is 0 Å². The van der Waals surface area contributed by atoms with E-state index in [1.54, 1.807) is 7.85 Å². The van der Waals surface area contributed by atoms with Crippen molar-refractivity contribution in [3.05, 3.63) is 28.4 Å². The van der Waals surface area contributed by atoms with E-state index in [4.69, 9.17) is 0 Å². The Morgan fingerprint density at radius 3 is 2.71 bits per heavy atom. The van der Waals surface area contributed by atoms with Crippen LogP contribution in [0, 0.1) is 10.7 Å². The molecule has 0 fully saturated rings. The largest absolute Gasteiger partial charge is 0.465 e. The van der Waals surface area contributed by atoms with Gasteiger partial charge < -0.3 is 4.74 Å². The number of rotatable bonds is 2. The number of carbonyl (C=O) groups is 1. The molecule has 0 unspecified atom stereocenters. The molecule has 0 aliphatic heterocycles. The number of methoxy groups -OCH3 is 1. The predicted molar refractivity (Wildman–Crippen MR) is 51.4 cm³/mol. The molecule has 0 atom stereocenters. The van der Waals surface area contributed by atoms with E-state index in [2.05, 4.69) is 9.91 Å². The molecule has 6 heteroatoms. The van der Waals surface area contributed by atoms with Crippen LogP contribution in [-0.4, -0.2) is 20.9 Å². The first-order chi connectivity index (χ1) is 6.61. The van der Waals surface area contributed by atoms with Crippen LogP contribution in [0.1, 0.15) is 10.4 Å². The highest BCUT2D eigenvalue weighted by Gasteiger charge is 2.18. The zero-order valence-electron chi connectivity index (χ0n) is 7.70. The van der Waals surface area contributed by atoms with Crippen molar-refractivity contribution < 1.29 is 13.9 Å². The summed E-state index contributed by atoms with van der Waals surface area (Å²) < 4.78 is 17.8. The summed E-state index contributed by atoms with van der Waals surface area (Å²) in [6, 6.07) is 2.65. The topological polar surface area (TPSA) is 55.7 Å². The number of benzene rings is 1. The summed E-state index contributed by atoms with van der Waals surface area (Å²) in [6.07, 6.45) is 0. The van der Waals surface area contributed by atoms with Gasteiger partial charge in [0.15, 0.2) is 5.82 Å². The zero-order chi connectivity index (χ0) is 10.7. The van der Waals surface area contributed by atoms with Gasteiger partial charge in [-0.15, -0.1) is 4.91 Å². The van der Waals surface area contributed by atoms with Crippen LogP contribution in [0.3, 0.4) is 0 Å². The van der Waals surface area contributed by atoms with E-state index >= 15 is 0 Å². The maximum atomic E-state index is 13.4. The minimum Gasteiger partial charge on any atom is -0.465 e. The van der Waals surface area contributed by atoms with Gasteiger partial charge >= 0.3 is 5.97 Å². The highest BCUT2D eigenvalue weighted by molar-refractivity contribution is 6.36. The average Bonchev–Trinajstić information content (AvgIpc) is 2.18. The van der Waals surface area contributed by atoms with E-state index < -0.39 is 17.5 Å². The fourth-order valence-electron chi connectivity index (χ4n) is 1.08. The molecule has 72 valence electrons. The molecule has 1 aromatic rings. The van der Waals surface area contributed by atoms with Crippen LogP contribution in [0.2, 0.25) is 0 Å². The van der Waals surface area contributed by atoms with Crippen molar-refractivity contribution in [2.45, 2.75) is 0 Å². The molecule has 1 aromatic carbocycles. The molecule has 0 radical (unpaired) electrons. The van der Waals surface area contributed by atoms with Gasteiger partial charge in [0.1, 0.15) is 13.5 Å². The Morgan fingerprint density at radius 1 is 1.57 bits per heavy atom. The second-order valence-corrected chi connectivity index (χ2v) is 2.67. The number of ether oxygens (including phenoxy) is 1. The fourth-order valence-corrected chi connectivity index (χ4v) is 1.08. The smallest absolute Gasteiger partial charge is 0.340 e. The monoisotopic (exact) mass is 195 g/mol. The minimum absolute atomic E-state index is 0.246. The molecular formula is C8H7BFNO3. The average molecular weight is 195 g/mol. The van der Waals surface area contributed by atoms with Gasteiger partial charge in [-0.2, -0.15) is 0 Å². The maximum Gasteiger partial charge on any atom is 0.340 e. The Balaban J connectivity index is 3.39. The van der Waals surface area contributed by atoms with Crippen LogP contribution in [0.15, 0.2) is 17.3 Å². The molecule has 0 aliphatic carbocycles. The van der Waals surface area contributed by atoms with Crippen LogP contribution in [0.5, 0.6) is 0 Å². The lowest BCUT2D eigenvalue weighted by molar-refractivity contribution is 0.0597. The van der Waals surface area contributed by atoms with E-state index in [0.29, 0.717) is 5.46 Å². The molecule has 0 aliphatic rings. The minimum atomic E-state index is -0.938. The second-order valence-electron chi connectivity index (χ2n) is 2.67. The molecule has 0 aromatic heterocycles. The number of hydrogen-bond donors (Lipinski definition) is 0. The van der Waals surface area contributed by atoms with Gasteiger partial charge in [-0.25, -0.2) is 9.18 Å². The first-order valence-corrected chi connectivity index (χ1v) is 3.82. The van der Waals surface area contributed by atoms with Crippen molar-refractivity contribution in [3.63, 3.8) is 0 Å². The van der Waals surface area contributed by atoms with E-state index in [1.165, 1.54) is 12.1 Å². The number of carbonyl (C=O) groups excluding carboxylic acids is 1. The summed E-state index contributed by atoms with van der Waals surface area (Å²) >= 11 is 0. The van der Waals surface area contributed by atoms with Crippen LogP contribution < -0.4 is 5.46 Å². The molecular weight excluding hydrogens is 188 g/mol. The Morgan fingerprint density at radius 2 is 2.21 bits per heavy atom. The Labute approximate surface area is 80.4 Å². The summed E-state index contributed by atoms with van der Waals surface area (Å²) in [7, 11) is 2.69. The third-order valence-corrected chi connectivity index (χ3v) is 1.82. The predicted octanol–water partition coefficient (Wildman–Crippen LogP) is 0.269. The van der Waals surface area contributed by atoms with Gasteiger partial charge in [0.05, 0.1) is 12.7 Å². The number of halogens is 1. The van der Waals surface area contributed by atoms with E-state index in [9.17, 15) is 14.1 Å². The van der Waals surface area contributed by atoms with E-state index in [-0.39, 0.29) is 5.56 Å². The summed E-state index contributed by atoms with van der Waals surface area (Å²) in [5, 5.41) is 2.46. The molecule has 4 nitrogen and oxygen atoms in total. The molecule has 1 rings (SSSR count). The van der Waals surface area contributed by atoms with Crippen LogP contribution in [0.25, 0.3) is 0 Å². The van der Waals surface area contributed by atoms with Crippen LogP contribution >= 0.6 is 0 Å². The molecule has 0 spiro atoms. The summed E-state index contributed by atoms with van der Waals surface area (Å²) in [5.41, 5.74) is -0.234. The van der Waals surface area contributed by atoms with Crippen molar-refractivity contribution in [2.24, 2.45) is 5.18 Å². The standard InChI is InChI=1S/C8H7BFNO3/c1-14-8(12)6-4(9)2-3-5(11-13)7(6)10/h2-3H,9H2,1H3. The van der Waals surface area contributed by atoms with Gasteiger partial charge in [0, 0.05) is 0 Å². The summed E-state index contributed by atoms with van der Waals surface area (Å²) in [5.74, 6) is -1.75. The lowest BCUT2D eigenvalue weighted by Crippen LogP contribution is -2.19. The molecule has 14 heavy (non-hydrogen) atoms. The van der Waals surface area contributed by atoms with Crippen molar-refractivity contribution in [3.8, 4) is 0 Å². The molecule has 0 saturated carbocycles. The third-order valence-electron chi connectivity index (χ3n) is 1.82. The highest BCUT2D eigenvalue weighted by Crippen LogP contribution is 2.19. The number of nitrogens with zero attached hydrogens (tertiary/aromatic N) is 1. The number of hydrogen-bond acceptors (Lipinski definition) is 4. The maximum absolute atomic E-state index is 13.4. The highest BCUT2D eigenvalue weighted by atomic mass is 19.1. The molecule has 0 N–H and O–H groups in total. The molecule has 0 bridgehead atoms. The normalized spacial score (nSPS) is 9.57. The molecule has 0 amide bonds. The Kier molecular flexibility index (Phi) is 2.96. The lowest BCUT2D eigenvalue weighted by Gasteiger charge is -2.05. The quantitative estimate of drug-likeness (QED) is 0.386. The third kappa shape index (κ3) is 1.64. The molecule has 0 saturated heterocycles.